The lowest BCUT2D eigenvalue weighted by Crippen LogP contribution is -2.20. The average molecular weight is 320 g/mol. The van der Waals surface area contributed by atoms with Crippen LogP contribution in [-0.2, 0) is 0 Å². The fraction of sp³-hybridized carbons (Fsp3) is 0.381. The van der Waals surface area contributed by atoms with E-state index in [1.165, 1.54) is 31.4 Å². The zero-order valence-corrected chi connectivity index (χ0v) is 14.1. The minimum absolute atomic E-state index is 0.0538. The minimum atomic E-state index is -0.0538. The lowest BCUT2D eigenvalue weighted by Gasteiger charge is -2.11. The van der Waals surface area contributed by atoms with Crippen molar-refractivity contribution in [1.29, 1.82) is 0 Å². The van der Waals surface area contributed by atoms with E-state index in [1.807, 2.05) is 36.4 Å². The molecule has 24 heavy (non-hydrogen) atoms. The van der Waals surface area contributed by atoms with E-state index in [-0.39, 0.29) is 5.91 Å². The summed E-state index contributed by atoms with van der Waals surface area (Å²) in [7, 11) is 0. The topological polar surface area (TPSA) is 41.1 Å². The van der Waals surface area contributed by atoms with Crippen molar-refractivity contribution in [2.75, 3.05) is 11.9 Å². The third-order valence-electron chi connectivity index (χ3n) is 5.12. The minimum Gasteiger partial charge on any atom is -0.322 e. The summed E-state index contributed by atoms with van der Waals surface area (Å²) in [4.78, 5) is 12.3. The third-order valence-corrected chi connectivity index (χ3v) is 5.12. The summed E-state index contributed by atoms with van der Waals surface area (Å²) in [5, 5.41) is 6.70. The molecule has 0 radical (unpaired) electrons. The largest absolute Gasteiger partial charge is 0.322 e. The molecule has 2 fully saturated rings. The highest BCUT2D eigenvalue weighted by Crippen LogP contribution is 2.42. The molecule has 2 aliphatic carbocycles. The van der Waals surface area contributed by atoms with Crippen molar-refractivity contribution in [3.8, 4) is 0 Å². The maximum atomic E-state index is 12.3. The van der Waals surface area contributed by atoms with E-state index < -0.39 is 0 Å². The van der Waals surface area contributed by atoms with E-state index in [2.05, 4.69) is 29.7 Å². The van der Waals surface area contributed by atoms with Crippen LogP contribution in [0.25, 0.3) is 0 Å². The maximum Gasteiger partial charge on any atom is 0.255 e. The second-order valence-corrected chi connectivity index (χ2v) is 7.19. The van der Waals surface area contributed by atoms with Gasteiger partial charge in [-0.05, 0) is 68.0 Å². The van der Waals surface area contributed by atoms with Crippen molar-refractivity contribution in [2.45, 2.75) is 38.1 Å². The van der Waals surface area contributed by atoms with E-state index in [9.17, 15) is 4.79 Å². The molecule has 2 aromatic carbocycles. The Balaban J connectivity index is 1.38. The highest BCUT2D eigenvalue weighted by molar-refractivity contribution is 6.04. The molecule has 0 spiro atoms. The smallest absolute Gasteiger partial charge is 0.255 e. The number of anilines is 1. The Morgan fingerprint density at radius 3 is 2.62 bits per heavy atom. The summed E-state index contributed by atoms with van der Waals surface area (Å²) >= 11 is 0. The molecular weight excluding hydrogens is 296 g/mol. The monoisotopic (exact) mass is 320 g/mol. The zero-order valence-electron chi connectivity index (χ0n) is 14.1. The van der Waals surface area contributed by atoms with Gasteiger partial charge in [-0.25, -0.2) is 0 Å². The molecule has 2 aromatic rings. The Bertz CT molecular complexity index is 737. The van der Waals surface area contributed by atoms with E-state index in [0.29, 0.717) is 17.5 Å². The summed E-state index contributed by atoms with van der Waals surface area (Å²) < 4.78 is 0. The zero-order chi connectivity index (χ0) is 16.5. The first kappa shape index (κ1) is 15.4. The van der Waals surface area contributed by atoms with Gasteiger partial charge in [-0.15, -0.1) is 0 Å². The lowest BCUT2D eigenvalue weighted by molar-refractivity contribution is 0.102. The molecule has 2 saturated carbocycles. The fourth-order valence-corrected chi connectivity index (χ4v) is 3.27. The number of hydrogen-bond donors (Lipinski definition) is 2. The number of nitrogens with one attached hydrogen (secondary N) is 2. The number of benzene rings is 2. The first-order valence-corrected chi connectivity index (χ1v) is 8.91. The van der Waals surface area contributed by atoms with Crippen LogP contribution >= 0.6 is 0 Å². The van der Waals surface area contributed by atoms with Crippen LogP contribution < -0.4 is 10.6 Å². The number of carbonyl (C=O) groups excluding carboxylic acids is 1. The quantitative estimate of drug-likeness (QED) is 0.841. The normalized spacial score (nSPS) is 22.2. The molecule has 3 heteroatoms. The van der Waals surface area contributed by atoms with E-state index in [1.54, 1.807) is 0 Å². The molecule has 3 nitrogen and oxygen atoms in total. The van der Waals surface area contributed by atoms with Gasteiger partial charge in [0.15, 0.2) is 0 Å². The van der Waals surface area contributed by atoms with Crippen molar-refractivity contribution in [1.82, 2.24) is 5.32 Å². The van der Waals surface area contributed by atoms with Gasteiger partial charge in [-0.3, -0.25) is 4.79 Å². The number of hydrogen-bond acceptors (Lipinski definition) is 2. The molecule has 0 aromatic heterocycles. The van der Waals surface area contributed by atoms with Gasteiger partial charge in [0.25, 0.3) is 5.91 Å². The average Bonchev–Trinajstić information content (AvgIpc) is 3.50. The van der Waals surface area contributed by atoms with Gasteiger partial charge < -0.3 is 10.6 Å². The van der Waals surface area contributed by atoms with Gasteiger partial charge in [-0.1, -0.05) is 30.3 Å². The Morgan fingerprint density at radius 2 is 1.92 bits per heavy atom. The van der Waals surface area contributed by atoms with Crippen LogP contribution in [0, 0.1) is 12.8 Å². The van der Waals surface area contributed by atoms with Crippen molar-refractivity contribution >= 4 is 11.6 Å². The molecule has 4 rings (SSSR count). The van der Waals surface area contributed by atoms with Crippen molar-refractivity contribution in [3.05, 3.63) is 65.2 Å². The standard InChI is InChI=1S/C21H24N2O/c1-14-11-17(18-12-20(18)22-13-15-7-8-15)9-10-19(14)23-21(24)16-5-3-2-4-6-16/h2-6,9-11,15,18,20,22H,7-8,12-13H2,1H3,(H,23,24). The van der Waals surface area contributed by atoms with Crippen molar-refractivity contribution in [3.63, 3.8) is 0 Å². The van der Waals surface area contributed by atoms with Crippen molar-refractivity contribution < 1.29 is 4.79 Å². The van der Waals surface area contributed by atoms with Crippen LogP contribution in [0.4, 0.5) is 5.69 Å². The second kappa shape index (κ2) is 6.40. The molecule has 2 aliphatic rings. The lowest BCUT2D eigenvalue weighted by atomic mass is 10.1. The predicted octanol–water partition coefficient (Wildman–Crippen LogP) is 4.10. The molecule has 1 amide bonds. The number of amides is 1. The predicted molar refractivity (Wildman–Crippen MR) is 97.4 cm³/mol. The summed E-state index contributed by atoms with van der Waals surface area (Å²) in [6.07, 6.45) is 4.04. The molecule has 0 bridgehead atoms. The van der Waals surface area contributed by atoms with Gasteiger partial charge >= 0.3 is 0 Å². The number of carbonyl (C=O) groups is 1. The Kier molecular flexibility index (Phi) is 4.11. The molecule has 124 valence electrons. The maximum absolute atomic E-state index is 12.3. The van der Waals surface area contributed by atoms with Crippen LogP contribution in [0.15, 0.2) is 48.5 Å². The molecule has 0 heterocycles. The molecule has 2 unspecified atom stereocenters. The number of rotatable bonds is 6. The third kappa shape index (κ3) is 3.51. The fourth-order valence-electron chi connectivity index (χ4n) is 3.27. The summed E-state index contributed by atoms with van der Waals surface area (Å²) in [5.41, 5.74) is 4.10. The van der Waals surface area contributed by atoms with Gasteiger partial charge in [0, 0.05) is 23.2 Å². The Morgan fingerprint density at radius 1 is 1.12 bits per heavy atom. The van der Waals surface area contributed by atoms with Crippen LogP contribution in [0.2, 0.25) is 0 Å². The van der Waals surface area contributed by atoms with Gasteiger partial charge in [-0.2, -0.15) is 0 Å². The SMILES string of the molecule is Cc1cc(C2CC2NCC2CC2)ccc1NC(=O)c1ccccc1. The molecule has 2 atom stereocenters. The Hall–Kier alpha value is -2.13. The van der Waals surface area contributed by atoms with Crippen LogP contribution in [-0.4, -0.2) is 18.5 Å². The molecular formula is C21H24N2O. The van der Waals surface area contributed by atoms with E-state index in [4.69, 9.17) is 0 Å². The first-order chi connectivity index (χ1) is 11.7. The Labute approximate surface area is 143 Å². The summed E-state index contributed by atoms with van der Waals surface area (Å²) in [6, 6.07) is 16.4. The van der Waals surface area contributed by atoms with Gasteiger partial charge in [0.1, 0.15) is 0 Å². The summed E-state index contributed by atoms with van der Waals surface area (Å²) in [6.45, 7) is 3.25. The first-order valence-electron chi connectivity index (χ1n) is 8.91. The molecule has 2 N–H and O–H groups in total. The summed E-state index contributed by atoms with van der Waals surface area (Å²) in [5.74, 6) is 1.52. The van der Waals surface area contributed by atoms with E-state index >= 15 is 0 Å². The van der Waals surface area contributed by atoms with Gasteiger partial charge in [0.2, 0.25) is 0 Å². The highest BCUT2D eigenvalue weighted by Gasteiger charge is 2.39. The van der Waals surface area contributed by atoms with Crippen LogP contribution in [0.3, 0.4) is 0 Å². The van der Waals surface area contributed by atoms with E-state index in [0.717, 1.165) is 17.2 Å². The van der Waals surface area contributed by atoms with Gasteiger partial charge in [0.05, 0.1) is 0 Å². The second-order valence-electron chi connectivity index (χ2n) is 7.19. The van der Waals surface area contributed by atoms with Crippen LogP contribution in [0.5, 0.6) is 0 Å². The highest BCUT2D eigenvalue weighted by atomic mass is 16.1. The van der Waals surface area contributed by atoms with Crippen molar-refractivity contribution in [2.24, 2.45) is 5.92 Å². The number of aryl methyl sites for hydroxylation is 1. The van der Waals surface area contributed by atoms with Crippen LogP contribution in [0.1, 0.15) is 46.7 Å². The molecule has 0 aliphatic heterocycles. The molecule has 0 saturated heterocycles.